The maximum absolute atomic E-state index is 6.05. The van der Waals surface area contributed by atoms with Crippen molar-refractivity contribution < 1.29 is 4.74 Å². The number of rotatable bonds is 5. The zero-order valence-electron chi connectivity index (χ0n) is 11.0. The molecule has 0 heterocycles. The van der Waals surface area contributed by atoms with Gasteiger partial charge in [0.25, 0.3) is 0 Å². The Morgan fingerprint density at radius 3 is 2.19 bits per heavy atom. The number of likely N-dealkylation sites (N-methyl/N-ethyl adjacent to an activating group) is 1. The molecule has 3 heteroatoms. The number of hydrogen-bond acceptors (Lipinski definition) is 3. The lowest BCUT2D eigenvalue weighted by Crippen LogP contribution is -2.53. The molecule has 0 aliphatic heterocycles. The second-order valence-electron chi connectivity index (χ2n) is 5.11. The Morgan fingerprint density at radius 1 is 1.12 bits per heavy atom. The smallest absolute Gasteiger partial charge is 0.0589 e. The number of nitrogens with two attached hydrogens (primary N) is 1. The van der Waals surface area contributed by atoms with Crippen molar-refractivity contribution in [3.63, 3.8) is 0 Å². The SMILES string of the molecule is COCCN(C)C1(CN)CCCCCCC1. The molecule has 1 saturated carbocycles. The molecule has 96 valence electrons. The van der Waals surface area contributed by atoms with Crippen molar-refractivity contribution in [1.82, 2.24) is 4.90 Å². The van der Waals surface area contributed by atoms with E-state index in [0.29, 0.717) is 0 Å². The summed E-state index contributed by atoms with van der Waals surface area (Å²) in [5.74, 6) is 0. The van der Waals surface area contributed by atoms with Crippen LogP contribution in [0.25, 0.3) is 0 Å². The van der Waals surface area contributed by atoms with Crippen LogP contribution in [0, 0.1) is 0 Å². The molecule has 0 unspecified atom stereocenters. The number of nitrogens with zero attached hydrogens (tertiary/aromatic N) is 1. The first kappa shape index (κ1) is 13.9. The van der Waals surface area contributed by atoms with Gasteiger partial charge in [-0.15, -0.1) is 0 Å². The standard InChI is InChI=1S/C13H28N2O/c1-15(10-11-16-2)13(12-14)8-6-4-3-5-7-9-13/h3-12,14H2,1-2H3. The van der Waals surface area contributed by atoms with E-state index in [2.05, 4.69) is 11.9 Å². The van der Waals surface area contributed by atoms with Crippen LogP contribution >= 0.6 is 0 Å². The van der Waals surface area contributed by atoms with Gasteiger partial charge in [-0.05, 0) is 19.9 Å². The number of hydrogen-bond donors (Lipinski definition) is 1. The topological polar surface area (TPSA) is 38.5 Å². The van der Waals surface area contributed by atoms with E-state index in [4.69, 9.17) is 10.5 Å². The molecule has 2 N–H and O–H groups in total. The predicted molar refractivity (Wildman–Crippen MR) is 68.6 cm³/mol. The Bertz CT molecular complexity index is 177. The predicted octanol–water partition coefficient (Wildman–Crippen LogP) is 2.01. The van der Waals surface area contributed by atoms with E-state index in [9.17, 15) is 0 Å². The minimum atomic E-state index is 0.235. The van der Waals surface area contributed by atoms with Crippen LogP contribution in [0.5, 0.6) is 0 Å². The van der Waals surface area contributed by atoms with Gasteiger partial charge in [0.05, 0.1) is 6.61 Å². The normalized spacial score (nSPS) is 21.8. The third kappa shape index (κ3) is 3.72. The largest absolute Gasteiger partial charge is 0.383 e. The van der Waals surface area contributed by atoms with Gasteiger partial charge >= 0.3 is 0 Å². The fourth-order valence-electron chi connectivity index (χ4n) is 2.77. The molecule has 3 nitrogen and oxygen atoms in total. The summed E-state index contributed by atoms with van der Waals surface area (Å²) in [5.41, 5.74) is 6.28. The molecule has 0 saturated heterocycles. The van der Waals surface area contributed by atoms with Crippen molar-refractivity contribution in [2.24, 2.45) is 5.73 Å². The molecule has 0 amide bonds. The highest BCUT2D eigenvalue weighted by Crippen LogP contribution is 2.30. The van der Waals surface area contributed by atoms with Gasteiger partial charge in [-0.25, -0.2) is 0 Å². The van der Waals surface area contributed by atoms with Gasteiger partial charge in [-0.3, -0.25) is 4.90 Å². The third-order valence-electron chi connectivity index (χ3n) is 4.10. The van der Waals surface area contributed by atoms with Crippen LogP contribution in [-0.2, 0) is 4.74 Å². The Labute approximate surface area is 100 Å². The van der Waals surface area contributed by atoms with E-state index in [0.717, 1.165) is 19.7 Å². The Morgan fingerprint density at radius 2 is 1.69 bits per heavy atom. The summed E-state index contributed by atoms with van der Waals surface area (Å²) >= 11 is 0. The first-order valence-electron chi connectivity index (χ1n) is 6.65. The summed E-state index contributed by atoms with van der Waals surface area (Å²) in [7, 11) is 3.97. The van der Waals surface area contributed by atoms with Gasteiger partial charge in [0.2, 0.25) is 0 Å². The number of methoxy groups -OCH3 is 1. The van der Waals surface area contributed by atoms with E-state index in [1.54, 1.807) is 7.11 Å². The molecule has 1 aliphatic carbocycles. The molecule has 0 spiro atoms. The Balaban J connectivity index is 2.56. The molecule has 1 fully saturated rings. The molecule has 0 aromatic carbocycles. The Kier molecular flexibility index (Phi) is 6.32. The van der Waals surface area contributed by atoms with Crippen molar-refractivity contribution >= 4 is 0 Å². The van der Waals surface area contributed by atoms with Gasteiger partial charge in [0, 0.05) is 25.7 Å². The second kappa shape index (κ2) is 7.25. The van der Waals surface area contributed by atoms with Crippen LogP contribution in [0.3, 0.4) is 0 Å². The van der Waals surface area contributed by atoms with Crippen molar-refractivity contribution in [2.45, 2.75) is 50.5 Å². The molecular formula is C13H28N2O. The fourth-order valence-corrected chi connectivity index (χ4v) is 2.77. The minimum absolute atomic E-state index is 0.235. The van der Waals surface area contributed by atoms with E-state index < -0.39 is 0 Å². The quantitative estimate of drug-likeness (QED) is 0.782. The zero-order chi connectivity index (χ0) is 11.9. The average molecular weight is 228 g/mol. The van der Waals surface area contributed by atoms with Crippen molar-refractivity contribution in [1.29, 1.82) is 0 Å². The van der Waals surface area contributed by atoms with E-state index in [1.165, 1.54) is 44.9 Å². The van der Waals surface area contributed by atoms with Gasteiger partial charge in [0.1, 0.15) is 0 Å². The lowest BCUT2D eigenvalue weighted by atomic mass is 9.82. The lowest BCUT2D eigenvalue weighted by molar-refractivity contribution is 0.0630. The molecule has 0 bridgehead atoms. The van der Waals surface area contributed by atoms with Crippen LogP contribution in [0.2, 0.25) is 0 Å². The van der Waals surface area contributed by atoms with Crippen LogP contribution in [0.4, 0.5) is 0 Å². The van der Waals surface area contributed by atoms with Crippen molar-refractivity contribution in [3.05, 3.63) is 0 Å². The van der Waals surface area contributed by atoms with E-state index in [-0.39, 0.29) is 5.54 Å². The molecule has 0 aromatic rings. The summed E-state index contributed by atoms with van der Waals surface area (Å²) in [6, 6.07) is 0. The van der Waals surface area contributed by atoms with Crippen LogP contribution in [0.15, 0.2) is 0 Å². The van der Waals surface area contributed by atoms with Crippen LogP contribution in [-0.4, -0.2) is 44.3 Å². The van der Waals surface area contributed by atoms with Crippen molar-refractivity contribution in [2.75, 3.05) is 33.9 Å². The van der Waals surface area contributed by atoms with Gasteiger partial charge in [-0.2, -0.15) is 0 Å². The van der Waals surface area contributed by atoms with Crippen LogP contribution < -0.4 is 5.73 Å². The summed E-state index contributed by atoms with van der Waals surface area (Å²) in [5, 5.41) is 0. The fraction of sp³-hybridized carbons (Fsp3) is 1.00. The maximum atomic E-state index is 6.05. The number of ether oxygens (including phenoxy) is 1. The average Bonchev–Trinajstić information content (AvgIpc) is 2.26. The Hall–Kier alpha value is -0.120. The van der Waals surface area contributed by atoms with Crippen LogP contribution in [0.1, 0.15) is 44.9 Å². The molecule has 1 aliphatic rings. The minimum Gasteiger partial charge on any atom is -0.383 e. The maximum Gasteiger partial charge on any atom is 0.0589 e. The molecule has 0 aromatic heterocycles. The van der Waals surface area contributed by atoms with Gasteiger partial charge < -0.3 is 10.5 Å². The zero-order valence-corrected chi connectivity index (χ0v) is 11.0. The highest BCUT2D eigenvalue weighted by Gasteiger charge is 2.32. The van der Waals surface area contributed by atoms with E-state index >= 15 is 0 Å². The first-order valence-corrected chi connectivity index (χ1v) is 6.65. The summed E-state index contributed by atoms with van der Waals surface area (Å²) in [4.78, 5) is 2.43. The molecular weight excluding hydrogens is 200 g/mol. The first-order chi connectivity index (χ1) is 7.75. The van der Waals surface area contributed by atoms with Gasteiger partial charge in [0.15, 0.2) is 0 Å². The summed E-state index contributed by atoms with van der Waals surface area (Å²) < 4.78 is 5.17. The third-order valence-corrected chi connectivity index (χ3v) is 4.10. The van der Waals surface area contributed by atoms with Gasteiger partial charge in [-0.1, -0.05) is 32.1 Å². The molecule has 0 radical (unpaired) electrons. The molecule has 16 heavy (non-hydrogen) atoms. The van der Waals surface area contributed by atoms with Crippen molar-refractivity contribution in [3.8, 4) is 0 Å². The highest BCUT2D eigenvalue weighted by atomic mass is 16.5. The second-order valence-corrected chi connectivity index (χ2v) is 5.11. The molecule has 1 rings (SSSR count). The van der Waals surface area contributed by atoms with E-state index in [1.807, 2.05) is 0 Å². The monoisotopic (exact) mass is 228 g/mol. The lowest BCUT2D eigenvalue weighted by Gasteiger charge is -2.42. The molecule has 0 atom stereocenters. The summed E-state index contributed by atoms with van der Waals surface area (Å²) in [6.45, 7) is 2.58. The highest BCUT2D eigenvalue weighted by molar-refractivity contribution is 4.91. The summed E-state index contributed by atoms with van der Waals surface area (Å²) in [6.07, 6.45) is 9.32.